The minimum atomic E-state index is 0.114. The highest BCUT2D eigenvalue weighted by molar-refractivity contribution is 5.78. The summed E-state index contributed by atoms with van der Waals surface area (Å²) in [6, 6.07) is 7.78. The van der Waals surface area contributed by atoms with E-state index in [1.54, 1.807) is 7.11 Å². The fraction of sp³-hybridized carbons (Fsp3) is 0.562. The highest BCUT2D eigenvalue weighted by Gasteiger charge is 2.12. The van der Waals surface area contributed by atoms with E-state index in [0.29, 0.717) is 13.1 Å². The molecule has 1 fully saturated rings. The molecule has 4 heteroatoms. The molecule has 0 radical (unpaired) electrons. The first-order valence-corrected chi connectivity index (χ1v) is 7.40. The Labute approximate surface area is 121 Å². The maximum atomic E-state index is 11.9. The van der Waals surface area contributed by atoms with Gasteiger partial charge in [-0.05, 0) is 43.6 Å². The Morgan fingerprint density at radius 3 is 2.40 bits per heavy atom. The molecule has 110 valence electrons. The van der Waals surface area contributed by atoms with Crippen LogP contribution in [0, 0.1) is 0 Å². The van der Waals surface area contributed by atoms with Crippen LogP contribution >= 0.6 is 0 Å². The fourth-order valence-electron chi connectivity index (χ4n) is 2.50. The average molecular weight is 276 g/mol. The zero-order valence-corrected chi connectivity index (χ0v) is 12.2. The molecule has 1 amide bonds. The second kappa shape index (κ2) is 7.90. The van der Waals surface area contributed by atoms with Crippen LogP contribution in [0.25, 0.3) is 0 Å². The van der Waals surface area contributed by atoms with Crippen molar-refractivity contribution in [3.63, 3.8) is 0 Å². The number of benzene rings is 1. The number of ether oxygens (including phenoxy) is 1. The molecule has 20 heavy (non-hydrogen) atoms. The third-order valence-electron chi connectivity index (χ3n) is 3.71. The molecule has 1 aromatic carbocycles. The van der Waals surface area contributed by atoms with Gasteiger partial charge in [0, 0.05) is 6.54 Å². The van der Waals surface area contributed by atoms with E-state index < -0.39 is 0 Å². The van der Waals surface area contributed by atoms with Gasteiger partial charge in [-0.2, -0.15) is 0 Å². The van der Waals surface area contributed by atoms with Gasteiger partial charge in [0.1, 0.15) is 5.75 Å². The first-order valence-electron chi connectivity index (χ1n) is 7.40. The van der Waals surface area contributed by atoms with Gasteiger partial charge >= 0.3 is 0 Å². The van der Waals surface area contributed by atoms with E-state index >= 15 is 0 Å². The minimum absolute atomic E-state index is 0.114. The molecule has 1 aromatic rings. The number of rotatable bonds is 5. The van der Waals surface area contributed by atoms with E-state index in [0.717, 1.165) is 24.4 Å². The first-order chi connectivity index (χ1) is 9.78. The number of nitrogens with zero attached hydrogens (tertiary/aromatic N) is 1. The molecule has 1 N–H and O–H groups in total. The van der Waals surface area contributed by atoms with Crippen LogP contribution in [-0.4, -0.2) is 37.6 Å². The van der Waals surface area contributed by atoms with Crippen molar-refractivity contribution in [2.45, 2.75) is 32.2 Å². The first kappa shape index (κ1) is 14.9. The summed E-state index contributed by atoms with van der Waals surface area (Å²) in [5.74, 6) is 0.951. The second-order valence-electron chi connectivity index (χ2n) is 5.32. The van der Waals surface area contributed by atoms with Gasteiger partial charge < -0.3 is 10.1 Å². The van der Waals surface area contributed by atoms with Gasteiger partial charge in [0.2, 0.25) is 5.91 Å². The summed E-state index contributed by atoms with van der Waals surface area (Å²) in [5, 5.41) is 2.98. The summed E-state index contributed by atoms with van der Waals surface area (Å²) in [5.41, 5.74) is 1.09. The summed E-state index contributed by atoms with van der Waals surface area (Å²) < 4.78 is 5.11. The van der Waals surface area contributed by atoms with Gasteiger partial charge in [0.05, 0.1) is 13.7 Å². The lowest BCUT2D eigenvalue weighted by Gasteiger charge is -2.19. The molecular formula is C16H24N2O2. The molecule has 1 saturated heterocycles. The summed E-state index contributed by atoms with van der Waals surface area (Å²) in [6.45, 7) is 3.21. The summed E-state index contributed by atoms with van der Waals surface area (Å²) in [7, 11) is 1.65. The Kier molecular flexibility index (Phi) is 5.87. The second-order valence-corrected chi connectivity index (χ2v) is 5.32. The maximum Gasteiger partial charge on any atom is 0.234 e. The number of carbonyl (C=O) groups excluding carboxylic acids is 1. The van der Waals surface area contributed by atoms with E-state index in [4.69, 9.17) is 4.74 Å². The molecule has 0 aromatic heterocycles. The molecule has 2 rings (SSSR count). The van der Waals surface area contributed by atoms with Crippen LogP contribution in [0.3, 0.4) is 0 Å². The molecule has 0 atom stereocenters. The number of hydrogen-bond acceptors (Lipinski definition) is 3. The molecule has 0 spiro atoms. The van der Waals surface area contributed by atoms with E-state index in [1.165, 1.54) is 25.7 Å². The number of nitrogens with one attached hydrogen (secondary N) is 1. The Morgan fingerprint density at radius 2 is 1.80 bits per heavy atom. The normalized spacial score (nSPS) is 16.4. The van der Waals surface area contributed by atoms with Crippen LogP contribution in [-0.2, 0) is 11.3 Å². The summed E-state index contributed by atoms with van der Waals surface area (Å²) >= 11 is 0. The number of amides is 1. The average Bonchev–Trinajstić information content (AvgIpc) is 2.74. The molecule has 0 saturated carbocycles. The number of methoxy groups -OCH3 is 1. The van der Waals surface area contributed by atoms with Gasteiger partial charge in [-0.1, -0.05) is 25.0 Å². The van der Waals surface area contributed by atoms with Gasteiger partial charge in [-0.3, -0.25) is 9.69 Å². The molecule has 4 nitrogen and oxygen atoms in total. The lowest BCUT2D eigenvalue weighted by atomic mass is 10.2. The largest absolute Gasteiger partial charge is 0.497 e. The van der Waals surface area contributed by atoms with Crippen LogP contribution in [0.15, 0.2) is 24.3 Å². The Morgan fingerprint density at radius 1 is 1.15 bits per heavy atom. The molecule has 1 aliphatic rings. The Balaban J connectivity index is 1.73. The predicted molar refractivity (Wildman–Crippen MR) is 79.7 cm³/mol. The molecule has 0 bridgehead atoms. The summed E-state index contributed by atoms with van der Waals surface area (Å²) in [4.78, 5) is 14.2. The third kappa shape index (κ3) is 4.85. The van der Waals surface area contributed by atoms with Crippen molar-refractivity contribution in [3.05, 3.63) is 29.8 Å². The van der Waals surface area contributed by atoms with E-state index in [9.17, 15) is 4.79 Å². The van der Waals surface area contributed by atoms with E-state index in [2.05, 4.69) is 10.2 Å². The van der Waals surface area contributed by atoms with Crippen molar-refractivity contribution in [2.75, 3.05) is 26.7 Å². The lowest BCUT2D eigenvalue weighted by molar-refractivity contribution is -0.122. The zero-order chi connectivity index (χ0) is 14.2. The van der Waals surface area contributed by atoms with Gasteiger partial charge in [-0.15, -0.1) is 0 Å². The molecule has 0 aliphatic carbocycles. The standard InChI is InChI=1S/C16H24N2O2/c1-20-15-8-6-14(7-9-15)12-17-16(19)13-18-10-4-2-3-5-11-18/h6-9H,2-5,10-13H2,1H3,(H,17,19). The van der Waals surface area contributed by atoms with Crippen molar-refractivity contribution in [2.24, 2.45) is 0 Å². The fourth-order valence-corrected chi connectivity index (χ4v) is 2.50. The zero-order valence-electron chi connectivity index (χ0n) is 12.2. The van der Waals surface area contributed by atoms with Crippen molar-refractivity contribution in [1.82, 2.24) is 10.2 Å². The van der Waals surface area contributed by atoms with Crippen LogP contribution in [0.5, 0.6) is 5.75 Å². The molecule has 1 heterocycles. The van der Waals surface area contributed by atoms with Gasteiger partial charge in [-0.25, -0.2) is 0 Å². The maximum absolute atomic E-state index is 11.9. The monoisotopic (exact) mass is 276 g/mol. The minimum Gasteiger partial charge on any atom is -0.497 e. The predicted octanol–water partition coefficient (Wildman–Crippen LogP) is 2.19. The van der Waals surface area contributed by atoms with Crippen LogP contribution in [0.1, 0.15) is 31.2 Å². The number of carbonyl (C=O) groups is 1. The van der Waals surface area contributed by atoms with Crippen LogP contribution < -0.4 is 10.1 Å². The summed E-state index contributed by atoms with van der Waals surface area (Å²) in [6.07, 6.45) is 5.02. The van der Waals surface area contributed by atoms with Crippen LogP contribution in [0.4, 0.5) is 0 Å². The Bertz CT molecular complexity index is 409. The lowest BCUT2D eigenvalue weighted by Crippen LogP contribution is -2.37. The van der Waals surface area contributed by atoms with Gasteiger partial charge in [0.15, 0.2) is 0 Å². The van der Waals surface area contributed by atoms with E-state index in [1.807, 2.05) is 24.3 Å². The van der Waals surface area contributed by atoms with Gasteiger partial charge in [0.25, 0.3) is 0 Å². The molecule has 1 aliphatic heterocycles. The quantitative estimate of drug-likeness (QED) is 0.896. The van der Waals surface area contributed by atoms with Crippen molar-refractivity contribution in [1.29, 1.82) is 0 Å². The third-order valence-corrected chi connectivity index (χ3v) is 3.71. The van der Waals surface area contributed by atoms with Crippen molar-refractivity contribution >= 4 is 5.91 Å². The Hall–Kier alpha value is -1.55. The highest BCUT2D eigenvalue weighted by atomic mass is 16.5. The van der Waals surface area contributed by atoms with Crippen LogP contribution in [0.2, 0.25) is 0 Å². The van der Waals surface area contributed by atoms with E-state index in [-0.39, 0.29) is 5.91 Å². The number of hydrogen-bond donors (Lipinski definition) is 1. The molecular weight excluding hydrogens is 252 g/mol. The molecule has 0 unspecified atom stereocenters. The topological polar surface area (TPSA) is 41.6 Å². The SMILES string of the molecule is COc1ccc(CNC(=O)CN2CCCCCC2)cc1. The highest BCUT2D eigenvalue weighted by Crippen LogP contribution is 2.11. The number of likely N-dealkylation sites (tertiary alicyclic amines) is 1. The van der Waals surface area contributed by atoms with Crippen molar-refractivity contribution in [3.8, 4) is 5.75 Å². The smallest absolute Gasteiger partial charge is 0.234 e. The van der Waals surface area contributed by atoms with Crippen molar-refractivity contribution < 1.29 is 9.53 Å².